The highest BCUT2D eigenvalue weighted by molar-refractivity contribution is 5.92. The number of amides is 1. The average molecular weight is 290 g/mol. The fourth-order valence-corrected chi connectivity index (χ4v) is 2.81. The van der Waals surface area contributed by atoms with E-state index in [1.54, 1.807) is 0 Å². The topological polar surface area (TPSA) is 41.6 Å². The summed E-state index contributed by atoms with van der Waals surface area (Å²) in [6, 6.07) is 7.58. The Kier molecular flexibility index (Phi) is 6.05. The quantitative estimate of drug-likeness (QED) is 0.875. The number of nitrogens with zero attached hydrogens (tertiary/aromatic N) is 1. The van der Waals surface area contributed by atoms with Crippen LogP contribution in [0.1, 0.15) is 33.1 Å². The minimum Gasteiger partial charge on any atom is -0.492 e. The van der Waals surface area contributed by atoms with E-state index in [-0.39, 0.29) is 5.91 Å². The number of anilines is 1. The zero-order valence-electron chi connectivity index (χ0n) is 13.1. The van der Waals surface area contributed by atoms with E-state index in [1.807, 2.05) is 31.2 Å². The van der Waals surface area contributed by atoms with Gasteiger partial charge in [-0.1, -0.05) is 19.1 Å². The molecule has 4 heteroatoms. The summed E-state index contributed by atoms with van der Waals surface area (Å²) in [6.45, 7) is 7.89. The van der Waals surface area contributed by atoms with Gasteiger partial charge in [-0.2, -0.15) is 0 Å². The number of ether oxygens (including phenoxy) is 1. The predicted octanol–water partition coefficient (Wildman–Crippen LogP) is 3.15. The van der Waals surface area contributed by atoms with Crippen molar-refractivity contribution < 1.29 is 9.53 Å². The molecule has 0 aromatic heterocycles. The second-order valence-electron chi connectivity index (χ2n) is 5.78. The Bertz CT molecular complexity index is 462. The maximum Gasteiger partial charge on any atom is 0.225 e. The Balaban J connectivity index is 1.81. The first-order valence-electron chi connectivity index (χ1n) is 7.93. The van der Waals surface area contributed by atoms with Crippen LogP contribution < -0.4 is 10.1 Å². The van der Waals surface area contributed by atoms with E-state index in [2.05, 4.69) is 17.1 Å². The van der Waals surface area contributed by atoms with E-state index < -0.39 is 0 Å². The first-order chi connectivity index (χ1) is 10.2. The third kappa shape index (κ3) is 5.05. The Morgan fingerprint density at radius 3 is 3.00 bits per heavy atom. The molecule has 1 heterocycles. The summed E-state index contributed by atoms with van der Waals surface area (Å²) in [4.78, 5) is 14.5. The minimum absolute atomic E-state index is 0.0559. The smallest absolute Gasteiger partial charge is 0.225 e. The molecular formula is C17H26N2O2. The van der Waals surface area contributed by atoms with Crippen molar-refractivity contribution in [3.63, 3.8) is 0 Å². The molecule has 1 unspecified atom stereocenters. The lowest BCUT2D eigenvalue weighted by Gasteiger charge is -2.30. The molecule has 2 rings (SSSR count). The van der Waals surface area contributed by atoms with E-state index in [0.29, 0.717) is 13.0 Å². The number of piperidine rings is 1. The fourth-order valence-electron chi connectivity index (χ4n) is 2.81. The molecule has 0 aliphatic carbocycles. The summed E-state index contributed by atoms with van der Waals surface area (Å²) >= 11 is 0. The van der Waals surface area contributed by atoms with Gasteiger partial charge < -0.3 is 15.0 Å². The summed E-state index contributed by atoms with van der Waals surface area (Å²) in [5.74, 6) is 1.54. The van der Waals surface area contributed by atoms with Crippen molar-refractivity contribution in [2.24, 2.45) is 5.92 Å². The second-order valence-corrected chi connectivity index (χ2v) is 5.78. The molecule has 1 fully saturated rings. The molecule has 1 aromatic carbocycles. The highest BCUT2D eigenvalue weighted by Crippen LogP contribution is 2.23. The molecule has 1 saturated heterocycles. The lowest BCUT2D eigenvalue weighted by Crippen LogP contribution is -2.36. The van der Waals surface area contributed by atoms with Crippen LogP contribution in [0, 0.1) is 5.92 Å². The van der Waals surface area contributed by atoms with Crippen LogP contribution in [-0.4, -0.2) is 37.0 Å². The number of likely N-dealkylation sites (tertiary alicyclic amines) is 1. The highest BCUT2D eigenvalue weighted by Gasteiger charge is 2.17. The molecule has 1 aliphatic rings. The van der Waals surface area contributed by atoms with E-state index in [1.165, 1.54) is 12.8 Å². The highest BCUT2D eigenvalue weighted by atomic mass is 16.5. The molecule has 116 valence electrons. The van der Waals surface area contributed by atoms with E-state index >= 15 is 0 Å². The molecule has 21 heavy (non-hydrogen) atoms. The van der Waals surface area contributed by atoms with Crippen LogP contribution in [0.4, 0.5) is 5.69 Å². The van der Waals surface area contributed by atoms with Gasteiger partial charge in [-0.25, -0.2) is 0 Å². The number of rotatable bonds is 6. The molecule has 0 radical (unpaired) electrons. The van der Waals surface area contributed by atoms with Crippen LogP contribution in [0.15, 0.2) is 24.3 Å². The molecule has 0 saturated carbocycles. The van der Waals surface area contributed by atoms with Crippen LogP contribution >= 0.6 is 0 Å². The Labute approximate surface area is 127 Å². The first kappa shape index (κ1) is 15.8. The zero-order valence-corrected chi connectivity index (χ0v) is 13.1. The largest absolute Gasteiger partial charge is 0.492 e. The lowest BCUT2D eigenvalue weighted by atomic mass is 10.0. The van der Waals surface area contributed by atoms with Crippen LogP contribution in [0.3, 0.4) is 0 Å². The average Bonchev–Trinajstić information content (AvgIpc) is 2.48. The Morgan fingerprint density at radius 2 is 2.24 bits per heavy atom. The van der Waals surface area contributed by atoms with Crippen LogP contribution in [0.5, 0.6) is 5.75 Å². The summed E-state index contributed by atoms with van der Waals surface area (Å²) in [5, 5.41) is 2.96. The summed E-state index contributed by atoms with van der Waals surface area (Å²) in [7, 11) is 0. The van der Waals surface area contributed by atoms with Crippen LogP contribution in [0.25, 0.3) is 0 Å². The zero-order chi connectivity index (χ0) is 15.1. The standard InChI is InChI=1S/C17H26N2O2/c1-3-21-16-9-5-4-8-15(16)18-17(20)10-12-19-11-6-7-14(2)13-19/h4-5,8-9,14H,3,6-7,10-13H2,1-2H3,(H,18,20). The third-order valence-electron chi connectivity index (χ3n) is 3.86. The van der Waals surface area contributed by atoms with Gasteiger partial charge in [0, 0.05) is 19.5 Å². The molecule has 4 nitrogen and oxygen atoms in total. The third-order valence-corrected chi connectivity index (χ3v) is 3.86. The van der Waals surface area contributed by atoms with Crippen molar-refractivity contribution in [2.75, 3.05) is 31.6 Å². The first-order valence-corrected chi connectivity index (χ1v) is 7.93. The van der Waals surface area contributed by atoms with Gasteiger partial charge in [0.1, 0.15) is 5.75 Å². The Morgan fingerprint density at radius 1 is 1.43 bits per heavy atom. The SMILES string of the molecule is CCOc1ccccc1NC(=O)CCN1CCCC(C)C1. The Hall–Kier alpha value is -1.55. The van der Waals surface area contributed by atoms with E-state index in [4.69, 9.17) is 4.74 Å². The summed E-state index contributed by atoms with van der Waals surface area (Å²) in [5.41, 5.74) is 0.761. The number of hydrogen-bond acceptors (Lipinski definition) is 3. The van der Waals surface area contributed by atoms with Crippen molar-refractivity contribution in [3.05, 3.63) is 24.3 Å². The number of carbonyl (C=O) groups is 1. The van der Waals surface area contributed by atoms with Crippen LogP contribution in [-0.2, 0) is 4.79 Å². The summed E-state index contributed by atoms with van der Waals surface area (Å²) < 4.78 is 5.52. The molecule has 1 aromatic rings. The van der Waals surface area contributed by atoms with Gasteiger partial charge >= 0.3 is 0 Å². The van der Waals surface area contributed by atoms with Gasteiger partial charge in [0.25, 0.3) is 0 Å². The number of hydrogen-bond donors (Lipinski definition) is 1. The lowest BCUT2D eigenvalue weighted by molar-refractivity contribution is -0.116. The van der Waals surface area contributed by atoms with Crippen LogP contribution in [0.2, 0.25) is 0 Å². The fraction of sp³-hybridized carbons (Fsp3) is 0.588. The van der Waals surface area contributed by atoms with Gasteiger partial charge in [0.15, 0.2) is 0 Å². The van der Waals surface area contributed by atoms with Crippen molar-refractivity contribution >= 4 is 11.6 Å². The van der Waals surface area contributed by atoms with Gasteiger partial charge in [0.2, 0.25) is 5.91 Å². The number of nitrogens with one attached hydrogen (secondary N) is 1. The second kappa shape index (κ2) is 8.03. The summed E-state index contributed by atoms with van der Waals surface area (Å²) in [6.07, 6.45) is 3.09. The molecule has 1 atom stereocenters. The maximum absolute atomic E-state index is 12.1. The van der Waals surface area contributed by atoms with Gasteiger partial charge in [-0.3, -0.25) is 4.79 Å². The monoisotopic (exact) mass is 290 g/mol. The van der Waals surface area contributed by atoms with Crippen molar-refractivity contribution in [3.8, 4) is 5.75 Å². The van der Waals surface area contributed by atoms with E-state index in [0.717, 1.165) is 37.0 Å². The number of para-hydroxylation sites is 2. The number of carbonyl (C=O) groups excluding carboxylic acids is 1. The maximum atomic E-state index is 12.1. The van der Waals surface area contributed by atoms with Gasteiger partial charge in [0.05, 0.1) is 12.3 Å². The van der Waals surface area contributed by atoms with Gasteiger partial charge in [-0.15, -0.1) is 0 Å². The predicted molar refractivity (Wildman–Crippen MR) is 85.7 cm³/mol. The molecule has 1 aliphatic heterocycles. The minimum atomic E-state index is 0.0559. The molecule has 1 N–H and O–H groups in total. The number of benzene rings is 1. The van der Waals surface area contributed by atoms with E-state index in [9.17, 15) is 4.79 Å². The molecule has 0 bridgehead atoms. The molecular weight excluding hydrogens is 264 g/mol. The van der Waals surface area contributed by atoms with Crippen molar-refractivity contribution in [1.29, 1.82) is 0 Å². The molecule has 1 amide bonds. The van der Waals surface area contributed by atoms with Crippen molar-refractivity contribution in [2.45, 2.75) is 33.1 Å². The van der Waals surface area contributed by atoms with Crippen molar-refractivity contribution in [1.82, 2.24) is 4.90 Å². The normalized spacial score (nSPS) is 19.2. The van der Waals surface area contributed by atoms with Gasteiger partial charge in [-0.05, 0) is 44.4 Å². The molecule has 0 spiro atoms.